The molecule has 0 spiro atoms. The van der Waals surface area contributed by atoms with Gasteiger partial charge in [0.2, 0.25) is 0 Å². The summed E-state index contributed by atoms with van der Waals surface area (Å²) in [5.74, 6) is 0. The lowest BCUT2D eigenvalue weighted by molar-refractivity contribution is 0.768. The summed E-state index contributed by atoms with van der Waals surface area (Å²) >= 11 is 0. The summed E-state index contributed by atoms with van der Waals surface area (Å²) in [6.45, 7) is 0. The maximum Gasteiger partial charge on any atom is 0.0714 e. The normalized spacial score (nSPS) is 13.6. The molecule has 1 aliphatic carbocycles. The molecule has 0 amide bonds. The molecule has 13 rings (SSSR count). The Hall–Kier alpha value is -9.83. The SMILES string of the molecule is N=C(/C(=C1\NC(c2ccccc2)=Cc2c1cccc2N(c1ccc(-c2ccc(-c3ccccc3)cc2)cc1)c1ccc2c(c1)C(c1ccccc1)(c1ccccc1)c1ccccc1-2)c1ccccc1)c1ccccc1. The summed E-state index contributed by atoms with van der Waals surface area (Å²) < 4.78 is 0. The van der Waals surface area contributed by atoms with Crippen LogP contribution in [0.25, 0.3) is 56.4 Å². The number of hydrogen-bond donors (Lipinski definition) is 2. The molecular weight excluding hydrogens is 907 g/mol. The molecule has 1 aliphatic heterocycles. The molecule has 0 unspecified atom stereocenters. The molecule has 11 aromatic rings. The average Bonchev–Trinajstić information content (AvgIpc) is 3.81. The first-order valence-corrected chi connectivity index (χ1v) is 25.7. The summed E-state index contributed by atoms with van der Waals surface area (Å²) in [7, 11) is 0. The van der Waals surface area contributed by atoms with Gasteiger partial charge in [-0.3, -0.25) is 5.41 Å². The monoisotopic (exact) mass is 957 g/mol. The van der Waals surface area contributed by atoms with Crippen molar-refractivity contribution in [1.29, 1.82) is 5.41 Å². The van der Waals surface area contributed by atoms with Gasteiger partial charge < -0.3 is 10.2 Å². The summed E-state index contributed by atoms with van der Waals surface area (Å²) in [4.78, 5) is 2.44. The molecule has 2 aliphatic rings. The van der Waals surface area contributed by atoms with E-state index in [4.69, 9.17) is 0 Å². The van der Waals surface area contributed by atoms with Gasteiger partial charge in [0.05, 0.1) is 22.5 Å². The Bertz CT molecular complexity index is 3880. The van der Waals surface area contributed by atoms with Crippen LogP contribution in [0.4, 0.5) is 17.1 Å². The third-order valence-corrected chi connectivity index (χ3v) is 15.0. The van der Waals surface area contributed by atoms with Gasteiger partial charge in [0.15, 0.2) is 0 Å². The van der Waals surface area contributed by atoms with Gasteiger partial charge in [-0.1, -0.05) is 261 Å². The van der Waals surface area contributed by atoms with E-state index in [1.54, 1.807) is 0 Å². The molecule has 0 atom stereocenters. The topological polar surface area (TPSA) is 39.1 Å². The quantitative estimate of drug-likeness (QED) is 0.127. The molecule has 75 heavy (non-hydrogen) atoms. The van der Waals surface area contributed by atoms with Crippen LogP contribution in [0.5, 0.6) is 0 Å². The van der Waals surface area contributed by atoms with Crippen LogP contribution >= 0.6 is 0 Å². The highest BCUT2D eigenvalue weighted by Gasteiger charge is 2.46. The van der Waals surface area contributed by atoms with Crippen molar-refractivity contribution in [3.8, 4) is 33.4 Å². The van der Waals surface area contributed by atoms with Crippen LogP contribution in [0.2, 0.25) is 0 Å². The fourth-order valence-corrected chi connectivity index (χ4v) is 11.5. The highest BCUT2D eigenvalue weighted by Crippen LogP contribution is 2.57. The van der Waals surface area contributed by atoms with Crippen LogP contribution < -0.4 is 10.2 Å². The smallest absolute Gasteiger partial charge is 0.0714 e. The molecule has 0 radical (unpaired) electrons. The number of nitrogens with zero attached hydrogens (tertiary/aromatic N) is 1. The van der Waals surface area contributed by atoms with Gasteiger partial charge in [-0.15, -0.1) is 0 Å². The molecular formula is C72H51N3. The van der Waals surface area contributed by atoms with Crippen molar-refractivity contribution in [2.75, 3.05) is 4.90 Å². The first-order valence-electron chi connectivity index (χ1n) is 25.7. The van der Waals surface area contributed by atoms with Crippen LogP contribution in [0, 0.1) is 5.41 Å². The Kier molecular flexibility index (Phi) is 11.6. The predicted molar refractivity (Wildman–Crippen MR) is 313 cm³/mol. The maximum atomic E-state index is 10.0. The predicted octanol–water partition coefficient (Wildman–Crippen LogP) is 17.9. The van der Waals surface area contributed by atoms with E-state index in [-0.39, 0.29) is 0 Å². The van der Waals surface area contributed by atoms with Crippen molar-refractivity contribution in [1.82, 2.24) is 5.32 Å². The molecule has 0 bridgehead atoms. The Morgan fingerprint density at radius 3 is 1.41 bits per heavy atom. The zero-order valence-electron chi connectivity index (χ0n) is 41.2. The molecule has 0 saturated heterocycles. The van der Waals surface area contributed by atoms with Crippen molar-refractivity contribution < 1.29 is 0 Å². The molecule has 11 aromatic carbocycles. The standard InChI is InChI=1S/C72H51N3/c73-70(56-28-13-4-14-29-56)69(55-26-11-3-12-27-55)71-63-35-21-37-68(64(63)49-67(74-71)54-24-9-2-10-25-54)75(59-44-42-53(43-45-59)52-40-38-51(39-41-52)50-22-7-1-8-23-50)60-46-47-62-61-34-19-20-36-65(61)72(66(62)48-60,57-30-15-5-16-31-57)58-32-17-6-18-33-58/h1-49,73-74H/b71-69-,73-70?. The van der Waals surface area contributed by atoms with Gasteiger partial charge in [-0.05, 0) is 103 Å². The molecule has 0 fully saturated rings. The van der Waals surface area contributed by atoms with Gasteiger partial charge in [-0.25, -0.2) is 0 Å². The molecule has 2 N–H and O–H groups in total. The Balaban J connectivity index is 1.06. The summed E-state index contributed by atoms with van der Waals surface area (Å²) in [6.07, 6.45) is 2.30. The number of anilines is 3. The number of allylic oxidation sites excluding steroid dienone is 1. The minimum atomic E-state index is -0.593. The fraction of sp³-hybridized carbons (Fsp3) is 0.0139. The molecule has 354 valence electrons. The largest absolute Gasteiger partial charge is 0.354 e. The average molecular weight is 958 g/mol. The van der Waals surface area contributed by atoms with Crippen molar-refractivity contribution in [2.24, 2.45) is 0 Å². The van der Waals surface area contributed by atoms with E-state index in [1.165, 1.54) is 44.5 Å². The van der Waals surface area contributed by atoms with Crippen LogP contribution in [-0.4, -0.2) is 5.71 Å². The summed E-state index contributed by atoms with van der Waals surface area (Å²) in [6, 6.07) is 104. The van der Waals surface area contributed by atoms with Gasteiger partial charge >= 0.3 is 0 Å². The zero-order valence-corrected chi connectivity index (χ0v) is 41.2. The zero-order chi connectivity index (χ0) is 50.1. The van der Waals surface area contributed by atoms with Gasteiger partial charge in [0, 0.05) is 39.3 Å². The van der Waals surface area contributed by atoms with Crippen LogP contribution in [0.1, 0.15) is 50.1 Å². The van der Waals surface area contributed by atoms with Crippen molar-refractivity contribution in [3.05, 3.63) is 341 Å². The second kappa shape index (κ2) is 19.3. The van der Waals surface area contributed by atoms with Crippen LogP contribution in [0.3, 0.4) is 0 Å². The fourth-order valence-electron chi connectivity index (χ4n) is 11.5. The maximum absolute atomic E-state index is 10.0. The minimum Gasteiger partial charge on any atom is -0.354 e. The summed E-state index contributed by atoms with van der Waals surface area (Å²) in [5, 5.41) is 13.9. The van der Waals surface area contributed by atoms with Gasteiger partial charge in [-0.2, -0.15) is 0 Å². The van der Waals surface area contributed by atoms with E-state index in [2.05, 4.69) is 271 Å². The lowest BCUT2D eigenvalue weighted by atomic mass is 9.67. The van der Waals surface area contributed by atoms with Crippen molar-refractivity contribution >= 4 is 45.8 Å². The van der Waals surface area contributed by atoms with Gasteiger partial charge in [0.1, 0.15) is 0 Å². The lowest BCUT2D eigenvalue weighted by Gasteiger charge is -2.35. The van der Waals surface area contributed by atoms with Crippen molar-refractivity contribution in [2.45, 2.75) is 5.41 Å². The van der Waals surface area contributed by atoms with E-state index >= 15 is 0 Å². The number of benzene rings is 11. The van der Waals surface area contributed by atoms with E-state index in [0.29, 0.717) is 5.71 Å². The second-order valence-corrected chi connectivity index (χ2v) is 19.2. The minimum absolute atomic E-state index is 0.440. The van der Waals surface area contributed by atoms with Crippen LogP contribution in [-0.2, 0) is 5.41 Å². The lowest BCUT2D eigenvalue weighted by Crippen LogP contribution is -2.28. The first-order chi connectivity index (χ1) is 37.1. The number of nitrogens with one attached hydrogen (secondary N) is 2. The third-order valence-electron chi connectivity index (χ3n) is 15.0. The highest BCUT2D eigenvalue weighted by molar-refractivity contribution is 6.36. The Morgan fingerprint density at radius 1 is 0.360 bits per heavy atom. The van der Waals surface area contributed by atoms with Gasteiger partial charge in [0.25, 0.3) is 0 Å². The van der Waals surface area contributed by atoms with Crippen molar-refractivity contribution in [3.63, 3.8) is 0 Å². The highest BCUT2D eigenvalue weighted by atomic mass is 15.1. The molecule has 3 nitrogen and oxygen atoms in total. The Labute approximate surface area is 439 Å². The third kappa shape index (κ3) is 7.99. The van der Waals surface area contributed by atoms with E-state index in [1.807, 2.05) is 36.4 Å². The number of fused-ring (bicyclic) bond motifs is 4. The number of hydrogen-bond acceptors (Lipinski definition) is 3. The van der Waals surface area contributed by atoms with Crippen LogP contribution in [0.15, 0.2) is 291 Å². The Morgan fingerprint density at radius 2 is 0.813 bits per heavy atom. The second-order valence-electron chi connectivity index (χ2n) is 19.2. The molecule has 0 saturated carbocycles. The molecule has 3 heteroatoms. The number of rotatable bonds is 11. The molecule has 0 aromatic heterocycles. The van der Waals surface area contributed by atoms with E-state index in [9.17, 15) is 5.41 Å². The van der Waals surface area contributed by atoms with E-state index in [0.717, 1.165) is 73.0 Å². The molecule has 1 heterocycles. The summed E-state index contributed by atoms with van der Waals surface area (Å²) in [5.41, 5.74) is 22.5. The van der Waals surface area contributed by atoms with E-state index < -0.39 is 5.41 Å². The first kappa shape index (κ1) is 45.1.